The molecule has 0 saturated carbocycles. The van der Waals surface area contributed by atoms with Gasteiger partial charge >= 0.3 is 18.2 Å². The second kappa shape index (κ2) is 5.66. The van der Waals surface area contributed by atoms with Gasteiger partial charge in [-0.1, -0.05) is 0 Å². The molecule has 9 heteroatoms. The van der Waals surface area contributed by atoms with Gasteiger partial charge in [0.1, 0.15) is 5.76 Å². The fraction of sp³-hybridized carbons (Fsp3) is 0.500. The van der Waals surface area contributed by atoms with Crippen molar-refractivity contribution in [3.63, 3.8) is 0 Å². The molecule has 1 aromatic heterocycles. The average molecular weight is 308 g/mol. The summed E-state index contributed by atoms with van der Waals surface area (Å²) in [6.07, 6.45) is -3.74. The minimum Gasteiger partial charge on any atom is -0.479 e. The van der Waals surface area contributed by atoms with Crippen LogP contribution in [0.3, 0.4) is 0 Å². The van der Waals surface area contributed by atoms with Crippen LogP contribution in [-0.2, 0) is 11.3 Å². The predicted molar refractivity (Wildman–Crippen MR) is 65.5 cm³/mol. The molecule has 0 aromatic carbocycles. The zero-order valence-electron chi connectivity index (χ0n) is 11.6. The van der Waals surface area contributed by atoms with Crippen molar-refractivity contribution in [2.45, 2.75) is 32.1 Å². The molecule has 0 aliphatic heterocycles. The molecule has 0 saturated heterocycles. The van der Waals surface area contributed by atoms with Gasteiger partial charge in [0.2, 0.25) is 5.54 Å². The van der Waals surface area contributed by atoms with Gasteiger partial charge < -0.3 is 19.7 Å². The van der Waals surface area contributed by atoms with E-state index in [2.05, 4.69) is 0 Å². The first-order valence-electron chi connectivity index (χ1n) is 5.85. The molecule has 1 atom stereocenters. The number of carbonyl (C=O) groups excluding carboxylic acids is 1. The zero-order chi connectivity index (χ0) is 16.4. The Kier molecular flexibility index (Phi) is 4.55. The van der Waals surface area contributed by atoms with Gasteiger partial charge in [-0.25, -0.2) is 9.59 Å². The minimum atomic E-state index is -5.12. The van der Waals surface area contributed by atoms with Crippen LogP contribution in [0.2, 0.25) is 0 Å². The number of hydrogen-bond donors (Lipinski definition) is 2. The Morgan fingerprint density at radius 1 is 1.43 bits per heavy atom. The van der Waals surface area contributed by atoms with E-state index in [-0.39, 0.29) is 6.54 Å². The molecule has 0 bridgehead atoms. The molecule has 1 rings (SSSR count). The summed E-state index contributed by atoms with van der Waals surface area (Å²) in [6, 6.07) is 0.414. The largest absolute Gasteiger partial charge is 0.479 e. The van der Waals surface area contributed by atoms with Gasteiger partial charge in [-0.3, -0.25) is 0 Å². The maximum absolute atomic E-state index is 12.8. The summed E-state index contributed by atoms with van der Waals surface area (Å²) in [4.78, 5) is 23.5. The third-order valence-electron chi connectivity index (χ3n) is 3.07. The van der Waals surface area contributed by atoms with Crippen molar-refractivity contribution >= 4 is 12.0 Å². The molecule has 1 unspecified atom stereocenters. The quantitative estimate of drug-likeness (QED) is 0.892. The van der Waals surface area contributed by atoms with Crippen LogP contribution in [0.25, 0.3) is 0 Å². The van der Waals surface area contributed by atoms with Crippen LogP contribution in [0.5, 0.6) is 0 Å². The highest BCUT2D eigenvalue weighted by molar-refractivity contribution is 5.86. The number of urea groups is 1. The molecular formula is C12H15F3N2O4. The molecule has 1 aromatic rings. The van der Waals surface area contributed by atoms with Gasteiger partial charge in [-0.2, -0.15) is 13.2 Å². The first kappa shape index (κ1) is 16.9. The monoisotopic (exact) mass is 308 g/mol. The lowest BCUT2D eigenvalue weighted by Gasteiger charge is -2.30. The Morgan fingerprint density at radius 3 is 2.38 bits per heavy atom. The number of carbonyl (C=O) groups is 2. The van der Waals surface area contributed by atoms with Crippen LogP contribution >= 0.6 is 0 Å². The Morgan fingerprint density at radius 2 is 2.00 bits per heavy atom. The predicted octanol–water partition coefficient (Wildman–Crippen LogP) is 2.14. The highest BCUT2D eigenvalue weighted by atomic mass is 19.4. The molecular weight excluding hydrogens is 293 g/mol. The molecule has 118 valence electrons. The smallest absolute Gasteiger partial charge is 0.422 e. The normalized spacial score (nSPS) is 14.4. The maximum Gasteiger partial charge on any atom is 0.422 e. The standard InChI is InChI=1S/C12H15F3N2O4/c1-7-8(4-5-21-7)6-17(3)10(20)16-11(2,9(18)19)12(13,14)15/h4-5H,6H2,1-3H3,(H,16,20)(H,18,19). The molecule has 1 heterocycles. The van der Waals surface area contributed by atoms with Gasteiger partial charge in [-0.15, -0.1) is 0 Å². The number of alkyl halides is 3. The topological polar surface area (TPSA) is 82.8 Å². The number of amides is 2. The van der Waals surface area contributed by atoms with Crippen molar-refractivity contribution in [3.8, 4) is 0 Å². The number of aliphatic carboxylic acids is 1. The summed E-state index contributed by atoms with van der Waals surface area (Å²) in [5.41, 5.74) is -2.75. The van der Waals surface area contributed by atoms with Crippen molar-refractivity contribution in [1.29, 1.82) is 0 Å². The van der Waals surface area contributed by atoms with Crippen LogP contribution in [0.1, 0.15) is 18.2 Å². The van der Waals surface area contributed by atoms with Crippen molar-refractivity contribution < 1.29 is 32.3 Å². The molecule has 0 spiro atoms. The molecule has 2 N–H and O–H groups in total. The third kappa shape index (κ3) is 3.47. The van der Waals surface area contributed by atoms with Gasteiger partial charge in [0, 0.05) is 12.6 Å². The Bertz CT molecular complexity index is 541. The second-order valence-electron chi connectivity index (χ2n) is 4.72. The second-order valence-corrected chi connectivity index (χ2v) is 4.72. The molecule has 0 aliphatic rings. The first-order valence-corrected chi connectivity index (χ1v) is 5.85. The van der Waals surface area contributed by atoms with E-state index in [1.807, 2.05) is 0 Å². The molecule has 2 amide bonds. The van der Waals surface area contributed by atoms with Crippen molar-refractivity contribution in [2.75, 3.05) is 7.05 Å². The summed E-state index contributed by atoms with van der Waals surface area (Å²) >= 11 is 0. The van der Waals surface area contributed by atoms with Crippen molar-refractivity contribution in [2.24, 2.45) is 0 Å². The number of nitrogens with zero attached hydrogens (tertiary/aromatic N) is 1. The number of aryl methyl sites for hydroxylation is 1. The van der Waals surface area contributed by atoms with Gasteiger partial charge in [0.05, 0.1) is 12.8 Å². The van der Waals surface area contributed by atoms with E-state index in [1.165, 1.54) is 18.6 Å². The van der Waals surface area contributed by atoms with Gasteiger partial charge in [0.25, 0.3) is 0 Å². The summed E-state index contributed by atoms with van der Waals surface area (Å²) in [5, 5.41) is 10.2. The molecule has 21 heavy (non-hydrogen) atoms. The fourth-order valence-electron chi connectivity index (χ4n) is 1.46. The third-order valence-corrected chi connectivity index (χ3v) is 3.07. The number of rotatable bonds is 4. The van der Waals surface area contributed by atoms with Crippen molar-refractivity contribution in [1.82, 2.24) is 10.2 Å². The zero-order valence-corrected chi connectivity index (χ0v) is 11.6. The van der Waals surface area contributed by atoms with E-state index in [9.17, 15) is 22.8 Å². The molecule has 0 aliphatic carbocycles. The van der Waals surface area contributed by atoms with E-state index in [0.717, 1.165) is 4.90 Å². The van der Waals surface area contributed by atoms with Crippen LogP contribution in [0, 0.1) is 6.92 Å². The van der Waals surface area contributed by atoms with E-state index >= 15 is 0 Å². The van der Waals surface area contributed by atoms with E-state index in [4.69, 9.17) is 9.52 Å². The Labute approximate surface area is 118 Å². The van der Waals surface area contributed by atoms with E-state index in [1.54, 1.807) is 13.0 Å². The molecule has 0 fully saturated rings. The highest BCUT2D eigenvalue weighted by Crippen LogP contribution is 2.30. The SMILES string of the molecule is Cc1occc1CN(C)C(=O)NC(C)(C(=O)O)C(F)(F)F. The van der Waals surface area contributed by atoms with Crippen LogP contribution < -0.4 is 5.32 Å². The van der Waals surface area contributed by atoms with E-state index in [0.29, 0.717) is 18.2 Å². The lowest BCUT2D eigenvalue weighted by atomic mass is 10.0. The summed E-state index contributed by atoms with van der Waals surface area (Å²) in [6.45, 7) is 2.02. The minimum absolute atomic E-state index is 0.0122. The summed E-state index contributed by atoms with van der Waals surface area (Å²) < 4.78 is 43.4. The number of hydrogen-bond acceptors (Lipinski definition) is 3. The number of carboxylic acids is 1. The van der Waals surface area contributed by atoms with Gasteiger partial charge in [0.15, 0.2) is 0 Å². The maximum atomic E-state index is 12.8. The first-order chi connectivity index (χ1) is 9.49. The van der Waals surface area contributed by atoms with Crippen LogP contribution in [0.15, 0.2) is 16.7 Å². The Balaban J connectivity index is 2.84. The number of carboxylic acid groups (broad SMARTS) is 1. The van der Waals surface area contributed by atoms with Crippen molar-refractivity contribution in [3.05, 3.63) is 23.7 Å². The number of halogens is 3. The average Bonchev–Trinajstić information content (AvgIpc) is 2.73. The summed E-state index contributed by atoms with van der Waals surface area (Å²) in [7, 11) is 1.25. The number of nitrogens with one attached hydrogen (secondary N) is 1. The number of furan rings is 1. The molecule has 0 radical (unpaired) electrons. The van der Waals surface area contributed by atoms with Gasteiger partial charge in [-0.05, 0) is 19.9 Å². The van der Waals surface area contributed by atoms with Crippen LogP contribution in [0.4, 0.5) is 18.0 Å². The Hall–Kier alpha value is -2.19. The molecule has 6 nitrogen and oxygen atoms in total. The highest BCUT2D eigenvalue weighted by Gasteiger charge is 2.58. The summed E-state index contributed by atoms with van der Waals surface area (Å²) in [5.74, 6) is -1.66. The lowest BCUT2D eigenvalue weighted by molar-refractivity contribution is -0.203. The lowest BCUT2D eigenvalue weighted by Crippen LogP contribution is -2.63. The van der Waals surface area contributed by atoms with Crippen LogP contribution in [-0.4, -0.2) is 40.8 Å². The van der Waals surface area contributed by atoms with E-state index < -0.39 is 23.7 Å². The fourth-order valence-corrected chi connectivity index (χ4v) is 1.46.